The van der Waals surface area contributed by atoms with Gasteiger partial charge in [0.25, 0.3) is 0 Å². The van der Waals surface area contributed by atoms with Gasteiger partial charge in [-0.3, -0.25) is 20.9 Å². The number of hydrazine groups is 1. The Morgan fingerprint density at radius 1 is 1.50 bits per heavy atom. The minimum Gasteiger partial charge on any atom is -0.276 e. The van der Waals surface area contributed by atoms with Crippen LogP contribution in [0.4, 0.5) is 0 Å². The van der Waals surface area contributed by atoms with E-state index in [1.807, 2.05) is 37.8 Å². The van der Waals surface area contributed by atoms with Crippen LogP contribution in [0, 0.1) is 0 Å². The SMILES string of the molecule is Cn1cc(CC(NN)c2cccnc2)cn1. The lowest BCUT2D eigenvalue weighted by atomic mass is 10.0. The largest absolute Gasteiger partial charge is 0.276 e. The molecule has 0 saturated carbocycles. The summed E-state index contributed by atoms with van der Waals surface area (Å²) >= 11 is 0. The highest BCUT2D eigenvalue weighted by Crippen LogP contribution is 2.15. The molecule has 5 heteroatoms. The van der Waals surface area contributed by atoms with Crippen LogP contribution in [0.1, 0.15) is 17.2 Å². The Hall–Kier alpha value is -1.72. The van der Waals surface area contributed by atoms with Gasteiger partial charge in [0, 0.05) is 25.6 Å². The lowest BCUT2D eigenvalue weighted by molar-refractivity contribution is 0.550. The average molecular weight is 217 g/mol. The molecule has 16 heavy (non-hydrogen) atoms. The van der Waals surface area contributed by atoms with Gasteiger partial charge in [-0.15, -0.1) is 0 Å². The third-order valence-electron chi connectivity index (χ3n) is 2.49. The first-order valence-corrected chi connectivity index (χ1v) is 5.13. The third kappa shape index (κ3) is 2.44. The zero-order valence-corrected chi connectivity index (χ0v) is 9.17. The molecule has 1 atom stereocenters. The van der Waals surface area contributed by atoms with Gasteiger partial charge in [0.1, 0.15) is 0 Å². The minimum atomic E-state index is 0.0675. The van der Waals surface area contributed by atoms with Crippen LogP contribution < -0.4 is 11.3 Å². The van der Waals surface area contributed by atoms with Crippen molar-refractivity contribution >= 4 is 0 Å². The summed E-state index contributed by atoms with van der Waals surface area (Å²) in [5, 5.41) is 4.13. The van der Waals surface area contributed by atoms with Crippen LogP contribution in [0.3, 0.4) is 0 Å². The van der Waals surface area contributed by atoms with E-state index < -0.39 is 0 Å². The van der Waals surface area contributed by atoms with Gasteiger partial charge >= 0.3 is 0 Å². The molecule has 0 aliphatic heterocycles. The number of pyridine rings is 1. The van der Waals surface area contributed by atoms with E-state index in [-0.39, 0.29) is 6.04 Å². The summed E-state index contributed by atoms with van der Waals surface area (Å²) in [5.74, 6) is 5.55. The van der Waals surface area contributed by atoms with E-state index in [1.54, 1.807) is 10.9 Å². The number of rotatable bonds is 4. The second-order valence-electron chi connectivity index (χ2n) is 3.73. The fourth-order valence-electron chi connectivity index (χ4n) is 1.67. The molecule has 0 saturated heterocycles. The summed E-state index contributed by atoms with van der Waals surface area (Å²) in [6.45, 7) is 0. The van der Waals surface area contributed by atoms with Gasteiger partial charge in [0.05, 0.1) is 12.2 Å². The van der Waals surface area contributed by atoms with Gasteiger partial charge in [0.2, 0.25) is 0 Å². The van der Waals surface area contributed by atoms with Crippen LogP contribution in [-0.2, 0) is 13.5 Å². The molecule has 0 aromatic carbocycles. The maximum Gasteiger partial charge on any atom is 0.0522 e. The van der Waals surface area contributed by atoms with E-state index in [0.29, 0.717) is 0 Å². The highest BCUT2D eigenvalue weighted by atomic mass is 15.2. The first kappa shape index (κ1) is 10.8. The topological polar surface area (TPSA) is 68.8 Å². The van der Waals surface area contributed by atoms with Crippen molar-refractivity contribution in [3.05, 3.63) is 48.0 Å². The van der Waals surface area contributed by atoms with Crippen molar-refractivity contribution in [1.82, 2.24) is 20.2 Å². The second kappa shape index (κ2) is 4.87. The van der Waals surface area contributed by atoms with E-state index in [4.69, 9.17) is 5.84 Å². The molecule has 0 radical (unpaired) electrons. The summed E-state index contributed by atoms with van der Waals surface area (Å²) < 4.78 is 1.78. The molecule has 5 nitrogen and oxygen atoms in total. The van der Waals surface area contributed by atoms with Crippen molar-refractivity contribution in [2.75, 3.05) is 0 Å². The molecule has 84 valence electrons. The molecular weight excluding hydrogens is 202 g/mol. The van der Waals surface area contributed by atoms with Crippen molar-refractivity contribution in [2.24, 2.45) is 12.9 Å². The number of nitrogens with zero attached hydrogens (tertiary/aromatic N) is 3. The van der Waals surface area contributed by atoms with Crippen LogP contribution in [0.25, 0.3) is 0 Å². The minimum absolute atomic E-state index is 0.0675. The predicted molar refractivity (Wildman–Crippen MR) is 61.2 cm³/mol. The maximum atomic E-state index is 5.55. The molecule has 2 aromatic rings. The lowest BCUT2D eigenvalue weighted by Crippen LogP contribution is -2.29. The number of hydrogen-bond acceptors (Lipinski definition) is 4. The smallest absolute Gasteiger partial charge is 0.0522 e. The fourth-order valence-corrected chi connectivity index (χ4v) is 1.67. The number of aryl methyl sites for hydroxylation is 1. The van der Waals surface area contributed by atoms with Gasteiger partial charge in [-0.25, -0.2) is 0 Å². The third-order valence-corrected chi connectivity index (χ3v) is 2.49. The lowest BCUT2D eigenvalue weighted by Gasteiger charge is -2.14. The monoisotopic (exact) mass is 217 g/mol. The van der Waals surface area contributed by atoms with E-state index in [2.05, 4.69) is 15.5 Å². The van der Waals surface area contributed by atoms with Gasteiger partial charge in [0.15, 0.2) is 0 Å². The van der Waals surface area contributed by atoms with Crippen LogP contribution in [0.2, 0.25) is 0 Å². The molecule has 0 aliphatic rings. The maximum absolute atomic E-state index is 5.55. The van der Waals surface area contributed by atoms with Gasteiger partial charge in [-0.2, -0.15) is 5.10 Å². The van der Waals surface area contributed by atoms with Gasteiger partial charge in [-0.1, -0.05) is 6.07 Å². The Balaban J connectivity index is 2.12. The summed E-state index contributed by atoms with van der Waals surface area (Å²) in [6.07, 6.45) is 8.21. The molecular formula is C11H15N5. The zero-order chi connectivity index (χ0) is 11.4. The van der Waals surface area contributed by atoms with Gasteiger partial charge in [-0.05, 0) is 23.6 Å². The number of nitrogens with two attached hydrogens (primary N) is 1. The predicted octanol–water partition coefficient (Wildman–Crippen LogP) is 0.562. The number of hydrogen-bond donors (Lipinski definition) is 2. The van der Waals surface area contributed by atoms with Gasteiger partial charge < -0.3 is 0 Å². The molecule has 2 rings (SSSR count). The fraction of sp³-hybridized carbons (Fsp3) is 0.273. The summed E-state index contributed by atoms with van der Waals surface area (Å²) in [5.41, 5.74) is 5.02. The Morgan fingerprint density at radius 3 is 2.94 bits per heavy atom. The average Bonchev–Trinajstić information content (AvgIpc) is 2.73. The van der Waals surface area contributed by atoms with E-state index in [0.717, 1.165) is 17.5 Å². The van der Waals surface area contributed by atoms with Crippen molar-refractivity contribution in [3.63, 3.8) is 0 Å². The van der Waals surface area contributed by atoms with Crippen LogP contribution in [0.5, 0.6) is 0 Å². The van der Waals surface area contributed by atoms with E-state index in [1.165, 1.54) is 0 Å². The van der Waals surface area contributed by atoms with Crippen LogP contribution in [-0.4, -0.2) is 14.8 Å². The summed E-state index contributed by atoms with van der Waals surface area (Å²) in [7, 11) is 1.90. The molecule has 3 N–H and O–H groups in total. The molecule has 0 spiro atoms. The highest BCUT2D eigenvalue weighted by Gasteiger charge is 2.11. The normalized spacial score (nSPS) is 12.6. The van der Waals surface area contributed by atoms with E-state index in [9.17, 15) is 0 Å². The Kier molecular flexibility index (Phi) is 3.28. The molecule has 1 unspecified atom stereocenters. The molecule has 2 heterocycles. The molecule has 0 fully saturated rings. The molecule has 0 amide bonds. The van der Waals surface area contributed by atoms with Crippen molar-refractivity contribution in [2.45, 2.75) is 12.5 Å². The quantitative estimate of drug-likeness (QED) is 0.580. The standard InChI is InChI=1S/C11H15N5/c1-16-8-9(6-14-16)5-11(15-12)10-3-2-4-13-7-10/h2-4,6-8,11,15H,5,12H2,1H3. The Bertz CT molecular complexity index is 437. The first-order chi connectivity index (χ1) is 7.79. The van der Waals surface area contributed by atoms with E-state index >= 15 is 0 Å². The first-order valence-electron chi connectivity index (χ1n) is 5.13. The van der Waals surface area contributed by atoms with Crippen molar-refractivity contribution < 1.29 is 0 Å². The Morgan fingerprint density at radius 2 is 2.38 bits per heavy atom. The molecule has 0 bridgehead atoms. The highest BCUT2D eigenvalue weighted by molar-refractivity contribution is 5.17. The number of nitrogens with one attached hydrogen (secondary N) is 1. The van der Waals surface area contributed by atoms with Crippen LogP contribution in [0.15, 0.2) is 36.9 Å². The summed E-state index contributed by atoms with van der Waals surface area (Å²) in [4.78, 5) is 4.08. The van der Waals surface area contributed by atoms with Crippen LogP contribution >= 0.6 is 0 Å². The summed E-state index contributed by atoms with van der Waals surface area (Å²) in [6, 6.07) is 3.98. The van der Waals surface area contributed by atoms with Crippen molar-refractivity contribution in [3.8, 4) is 0 Å². The Labute approximate surface area is 94.3 Å². The molecule has 0 aliphatic carbocycles. The zero-order valence-electron chi connectivity index (χ0n) is 9.17. The number of aromatic nitrogens is 3. The van der Waals surface area contributed by atoms with Crippen molar-refractivity contribution in [1.29, 1.82) is 0 Å². The molecule has 2 aromatic heterocycles. The second-order valence-corrected chi connectivity index (χ2v) is 3.73.